The molecule has 2 saturated heterocycles. The van der Waals surface area contributed by atoms with Crippen LogP contribution in [-0.4, -0.2) is 48.8 Å². The molecule has 0 bridgehead atoms. The summed E-state index contributed by atoms with van der Waals surface area (Å²) in [5.74, 6) is 0. The molecule has 0 amide bonds. The van der Waals surface area contributed by atoms with Crippen molar-refractivity contribution >= 4 is 0 Å². The monoisotopic (exact) mass is 226 g/mol. The molecule has 0 spiro atoms. The van der Waals surface area contributed by atoms with Crippen molar-refractivity contribution in [2.45, 2.75) is 64.3 Å². The molecule has 1 N–H and O–H groups in total. The van der Waals surface area contributed by atoms with E-state index in [0.717, 1.165) is 13.2 Å². The summed E-state index contributed by atoms with van der Waals surface area (Å²) in [7, 11) is 0. The van der Waals surface area contributed by atoms with Crippen molar-refractivity contribution < 1.29 is 4.74 Å². The number of ether oxygens (including phenoxy) is 1. The Bertz CT molecular complexity index is 222. The first-order chi connectivity index (χ1) is 7.76. The summed E-state index contributed by atoms with van der Waals surface area (Å²) in [5, 5.41) is 3.66. The molecule has 4 atom stereocenters. The van der Waals surface area contributed by atoms with Crippen molar-refractivity contribution in [1.82, 2.24) is 10.2 Å². The lowest BCUT2D eigenvalue weighted by atomic mass is 9.99. The zero-order chi connectivity index (χ0) is 11.5. The molecule has 3 heteroatoms. The van der Waals surface area contributed by atoms with E-state index in [-0.39, 0.29) is 0 Å². The van der Waals surface area contributed by atoms with Crippen LogP contribution in [0, 0.1) is 0 Å². The largest absolute Gasteiger partial charge is 0.377 e. The van der Waals surface area contributed by atoms with E-state index in [0.29, 0.717) is 24.2 Å². The van der Waals surface area contributed by atoms with Crippen LogP contribution in [-0.2, 0) is 4.74 Å². The first-order valence-corrected chi connectivity index (χ1v) is 6.87. The van der Waals surface area contributed by atoms with Gasteiger partial charge in [-0.2, -0.15) is 0 Å². The predicted octanol–water partition coefficient (Wildman–Crippen LogP) is 1.63. The molecule has 0 radical (unpaired) electrons. The van der Waals surface area contributed by atoms with Gasteiger partial charge in [-0.1, -0.05) is 13.8 Å². The molecule has 2 aliphatic heterocycles. The summed E-state index contributed by atoms with van der Waals surface area (Å²) in [6, 6.07) is 2.04. The smallest absolute Gasteiger partial charge is 0.0703 e. The summed E-state index contributed by atoms with van der Waals surface area (Å²) >= 11 is 0. The van der Waals surface area contributed by atoms with Crippen molar-refractivity contribution in [2.24, 2.45) is 0 Å². The number of nitrogens with zero attached hydrogens (tertiary/aromatic N) is 1. The molecule has 2 fully saturated rings. The second kappa shape index (κ2) is 5.48. The molecule has 2 rings (SSSR count). The zero-order valence-electron chi connectivity index (χ0n) is 10.9. The molecule has 0 aromatic carbocycles. The summed E-state index contributed by atoms with van der Waals surface area (Å²) < 4.78 is 5.72. The lowest BCUT2D eigenvalue weighted by Crippen LogP contribution is -2.60. The number of piperazine rings is 1. The summed E-state index contributed by atoms with van der Waals surface area (Å²) in [4.78, 5) is 2.71. The lowest BCUT2D eigenvalue weighted by Gasteiger charge is -2.44. The highest BCUT2D eigenvalue weighted by molar-refractivity contribution is 4.92. The van der Waals surface area contributed by atoms with Gasteiger partial charge in [0, 0.05) is 37.8 Å². The molecule has 0 aromatic rings. The molecule has 3 nitrogen and oxygen atoms in total. The Morgan fingerprint density at radius 1 is 1.31 bits per heavy atom. The van der Waals surface area contributed by atoms with Crippen LogP contribution in [0.1, 0.15) is 40.0 Å². The topological polar surface area (TPSA) is 24.5 Å². The van der Waals surface area contributed by atoms with Gasteiger partial charge in [-0.25, -0.2) is 0 Å². The molecule has 2 heterocycles. The van der Waals surface area contributed by atoms with Crippen LogP contribution in [0.2, 0.25) is 0 Å². The molecule has 0 aromatic heterocycles. The summed E-state index contributed by atoms with van der Waals surface area (Å²) in [6.45, 7) is 10.1. The van der Waals surface area contributed by atoms with E-state index in [1.165, 1.54) is 25.8 Å². The fraction of sp³-hybridized carbons (Fsp3) is 1.00. The van der Waals surface area contributed by atoms with E-state index < -0.39 is 0 Å². The van der Waals surface area contributed by atoms with E-state index in [2.05, 4.69) is 31.0 Å². The maximum atomic E-state index is 5.72. The highest BCUT2D eigenvalue weighted by Crippen LogP contribution is 2.25. The second-order valence-electron chi connectivity index (χ2n) is 5.20. The highest BCUT2D eigenvalue weighted by Gasteiger charge is 2.36. The van der Waals surface area contributed by atoms with Crippen LogP contribution in [0.4, 0.5) is 0 Å². The van der Waals surface area contributed by atoms with Crippen LogP contribution in [0.15, 0.2) is 0 Å². The number of hydrogen-bond acceptors (Lipinski definition) is 3. The van der Waals surface area contributed by atoms with Gasteiger partial charge in [-0.05, 0) is 26.2 Å². The zero-order valence-corrected chi connectivity index (χ0v) is 10.9. The van der Waals surface area contributed by atoms with Crippen LogP contribution in [0.3, 0.4) is 0 Å². The normalized spacial score (nSPS) is 41.4. The number of rotatable bonds is 3. The first kappa shape index (κ1) is 12.3. The summed E-state index contributed by atoms with van der Waals surface area (Å²) in [6.07, 6.45) is 4.11. The van der Waals surface area contributed by atoms with E-state index in [1.807, 2.05) is 0 Å². The average molecular weight is 226 g/mol. The third kappa shape index (κ3) is 2.41. The van der Waals surface area contributed by atoms with Crippen molar-refractivity contribution in [3.05, 3.63) is 0 Å². The third-order valence-corrected chi connectivity index (χ3v) is 4.27. The Labute approximate surface area is 99.5 Å². The van der Waals surface area contributed by atoms with Gasteiger partial charge in [0.2, 0.25) is 0 Å². The highest BCUT2D eigenvalue weighted by atomic mass is 16.5. The Kier molecular flexibility index (Phi) is 4.22. The van der Waals surface area contributed by atoms with Gasteiger partial charge in [-0.15, -0.1) is 0 Å². The fourth-order valence-corrected chi connectivity index (χ4v) is 3.10. The van der Waals surface area contributed by atoms with Gasteiger partial charge in [-0.3, -0.25) is 4.90 Å². The Morgan fingerprint density at radius 3 is 2.69 bits per heavy atom. The van der Waals surface area contributed by atoms with Gasteiger partial charge >= 0.3 is 0 Å². The van der Waals surface area contributed by atoms with Gasteiger partial charge in [0.05, 0.1) is 6.10 Å². The Balaban J connectivity index is 2.02. The van der Waals surface area contributed by atoms with Gasteiger partial charge in [0.15, 0.2) is 0 Å². The van der Waals surface area contributed by atoms with Crippen LogP contribution in [0.25, 0.3) is 0 Å². The molecule has 94 valence electrons. The fourth-order valence-electron chi connectivity index (χ4n) is 3.10. The molecule has 0 aliphatic carbocycles. The third-order valence-electron chi connectivity index (χ3n) is 4.27. The number of hydrogen-bond donors (Lipinski definition) is 1. The van der Waals surface area contributed by atoms with Crippen molar-refractivity contribution in [1.29, 1.82) is 0 Å². The number of nitrogens with one attached hydrogen (secondary N) is 1. The first-order valence-electron chi connectivity index (χ1n) is 6.87. The average Bonchev–Trinajstić information content (AvgIpc) is 2.74. The predicted molar refractivity (Wildman–Crippen MR) is 66.7 cm³/mol. The maximum absolute atomic E-state index is 5.72. The molecule has 16 heavy (non-hydrogen) atoms. The van der Waals surface area contributed by atoms with Crippen LogP contribution in [0.5, 0.6) is 0 Å². The van der Waals surface area contributed by atoms with E-state index in [9.17, 15) is 0 Å². The van der Waals surface area contributed by atoms with Crippen molar-refractivity contribution in [2.75, 3.05) is 19.7 Å². The lowest BCUT2D eigenvalue weighted by molar-refractivity contribution is 0.0295. The van der Waals surface area contributed by atoms with Crippen LogP contribution >= 0.6 is 0 Å². The maximum Gasteiger partial charge on any atom is 0.0703 e. The van der Waals surface area contributed by atoms with Crippen molar-refractivity contribution in [3.63, 3.8) is 0 Å². The minimum absolute atomic E-state index is 0.421. The minimum atomic E-state index is 0.421. The summed E-state index contributed by atoms with van der Waals surface area (Å²) in [5.41, 5.74) is 0. The Hall–Kier alpha value is -0.120. The van der Waals surface area contributed by atoms with Gasteiger partial charge < -0.3 is 10.1 Å². The van der Waals surface area contributed by atoms with E-state index in [4.69, 9.17) is 4.74 Å². The van der Waals surface area contributed by atoms with Crippen molar-refractivity contribution in [3.8, 4) is 0 Å². The molecule has 0 saturated carbocycles. The molecule has 2 aliphatic rings. The van der Waals surface area contributed by atoms with E-state index in [1.54, 1.807) is 0 Å². The molecular formula is C13H26N2O. The molecular weight excluding hydrogens is 200 g/mol. The van der Waals surface area contributed by atoms with Gasteiger partial charge in [0.1, 0.15) is 0 Å². The van der Waals surface area contributed by atoms with Crippen LogP contribution < -0.4 is 5.32 Å². The van der Waals surface area contributed by atoms with E-state index >= 15 is 0 Å². The minimum Gasteiger partial charge on any atom is -0.377 e. The van der Waals surface area contributed by atoms with Gasteiger partial charge in [0.25, 0.3) is 0 Å². The Morgan fingerprint density at radius 2 is 2.12 bits per heavy atom. The second-order valence-corrected chi connectivity index (χ2v) is 5.20. The SMILES string of the molecule is CCC1CN(C2CCOC2C)C(CC)CN1. The molecule has 4 unspecified atom stereocenters. The standard InChI is InChI=1S/C13H26N2O/c1-4-11-9-15(12(5-2)8-14-11)13-6-7-16-10(13)3/h10-14H,4-9H2,1-3H3. The quantitative estimate of drug-likeness (QED) is 0.791.